The molecule has 1 amide bonds. The maximum absolute atomic E-state index is 14.1. The fourth-order valence-electron chi connectivity index (χ4n) is 3.53. The van der Waals surface area contributed by atoms with Gasteiger partial charge in [0, 0.05) is 27.6 Å². The number of nitrogens with zero attached hydrogens (tertiary/aromatic N) is 1. The van der Waals surface area contributed by atoms with Crippen LogP contribution in [0.3, 0.4) is 0 Å². The summed E-state index contributed by atoms with van der Waals surface area (Å²) in [7, 11) is 0. The number of nitrogens with one attached hydrogen (secondary N) is 1. The molecule has 12 heteroatoms. The summed E-state index contributed by atoms with van der Waals surface area (Å²) in [4.78, 5) is 40.2. The first-order chi connectivity index (χ1) is 15.4. The molecule has 0 bridgehead atoms. The predicted octanol–water partition coefficient (Wildman–Crippen LogP) is 4.78. The molecule has 1 unspecified atom stereocenters. The van der Waals surface area contributed by atoms with Gasteiger partial charge >= 0.3 is 6.18 Å². The molecule has 172 valence electrons. The molecule has 33 heavy (non-hydrogen) atoms. The van der Waals surface area contributed by atoms with Gasteiger partial charge in [-0.05, 0) is 60.1 Å². The fourth-order valence-corrected chi connectivity index (χ4v) is 4.63. The summed E-state index contributed by atoms with van der Waals surface area (Å²) in [6.45, 7) is 1.57. The number of halogens is 5. The van der Waals surface area contributed by atoms with Gasteiger partial charge in [-0.1, -0.05) is 34.4 Å². The second-order valence-electron chi connectivity index (χ2n) is 7.47. The first-order valence-electron chi connectivity index (χ1n) is 9.37. The normalized spacial score (nSPS) is 20.8. The minimum atomic E-state index is -4.83. The number of thioether (sulfide) groups is 1. The van der Waals surface area contributed by atoms with E-state index in [1.165, 1.54) is 24.3 Å². The summed E-state index contributed by atoms with van der Waals surface area (Å²) in [6.07, 6.45) is -5.47. The largest absolute Gasteiger partial charge is 0.435 e. The summed E-state index contributed by atoms with van der Waals surface area (Å²) in [5.41, 5.74) is -2.15. The summed E-state index contributed by atoms with van der Waals surface area (Å²) >= 11 is 12.3. The minimum absolute atomic E-state index is 0.0132. The fraction of sp³-hybridized carbons (Fsp3) is 0.238. The molecule has 4 rings (SSSR count). The Labute approximate surface area is 199 Å². The summed E-state index contributed by atoms with van der Waals surface area (Å²) in [6, 6.07) is 6.65. The number of alkyl halides is 3. The Morgan fingerprint density at radius 1 is 1.15 bits per heavy atom. The number of hydrogen-bond acceptors (Lipinski definition) is 6. The SMILES string of the molecule is Cc1cc(C2=NOC(c3cc(Cl)cc(Cl)c3)(C(F)(F)F)C2)ccc1C(=O)NC1C(=O)SC1=O. The maximum Gasteiger partial charge on any atom is 0.435 e. The van der Waals surface area contributed by atoms with E-state index in [0.717, 1.165) is 12.1 Å². The molecule has 2 aromatic carbocycles. The molecule has 1 saturated heterocycles. The summed E-state index contributed by atoms with van der Waals surface area (Å²) in [5, 5.41) is 5.16. The van der Waals surface area contributed by atoms with Crippen LogP contribution in [0.5, 0.6) is 0 Å². The van der Waals surface area contributed by atoms with Crippen LogP contribution in [0.2, 0.25) is 10.0 Å². The maximum atomic E-state index is 14.1. The Morgan fingerprint density at radius 2 is 1.79 bits per heavy atom. The molecule has 0 aromatic heterocycles. The quantitative estimate of drug-likeness (QED) is 0.591. The topological polar surface area (TPSA) is 84.8 Å². The van der Waals surface area contributed by atoms with Crippen molar-refractivity contribution in [3.63, 3.8) is 0 Å². The third-order valence-electron chi connectivity index (χ3n) is 5.27. The first kappa shape index (κ1) is 23.6. The number of amides is 1. The van der Waals surface area contributed by atoms with E-state index in [9.17, 15) is 27.6 Å². The van der Waals surface area contributed by atoms with Gasteiger partial charge in [0.25, 0.3) is 11.5 Å². The Balaban J connectivity index is 1.60. The molecule has 6 nitrogen and oxygen atoms in total. The van der Waals surface area contributed by atoms with E-state index < -0.39 is 40.4 Å². The smallest absolute Gasteiger partial charge is 0.374 e. The molecule has 2 aromatic rings. The third kappa shape index (κ3) is 4.22. The van der Waals surface area contributed by atoms with Gasteiger partial charge in [-0.15, -0.1) is 0 Å². The van der Waals surface area contributed by atoms with Crippen LogP contribution in [0, 0.1) is 6.92 Å². The molecule has 2 aliphatic heterocycles. The molecule has 1 fully saturated rings. The van der Waals surface area contributed by atoms with Crippen molar-refractivity contribution < 1.29 is 32.4 Å². The van der Waals surface area contributed by atoms with Crippen molar-refractivity contribution >= 4 is 56.8 Å². The van der Waals surface area contributed by atoms with Crippen LogP contribution < -0.4 is 5.32 Å². The number of aryl methyl sites for hydroxylation is 1. The second-order valence-corrected chi connectivity index (χ2v) is 9.35. The van der Waals surface area contributed by atoms with E-state index in [-0.39, 0.29) is 26.9 Å². The van der Waals surface area contributed by atoms with Crippen LogP contribution in [-0.4, -0.2) is 34.1 Å². The van der Waals surface area contributed by atoms with Crippen LogP contribution in [0.25, 0.3) is 0 Å². The van der Waals surface area contributed by atoms with Crippen molar-refractivity contribution in [1.29, 1.82) is 0 Å². The monoisotopic (exact) mass is 516 g/mol. The Kier molecular flexibility index (Phi) is 5.96. The average Bonchev–Trinajstić information content (AvgIpc) is 3.18. The number of rotatable bonds is 4. The van der Waals surface area contributed by atoms with E-state index in [1.54, 1.807) is 6.92 Å². The minimum Gasteiger partial charge on any atom is -0.374 e. The zero-order chi connectivity index (χ0) is 24.1. The van der Waals surface area contributed by atoms with Crippen molar-refractivity contribution in [2.24, 2.45) is 5.16 Å². The molecule has 0 saturated carbocycles. The van der Waals surface area contributed by atoms with Crippen molar-refractivity contribution in [2.75, 3.05) is 0 Å². The lowest BCUT2D eigenvalue weighted by atomic mass is 9.86. The van der Waals surface area contributed by atoms with Crippen molar-refractivity contribution in [1.82, 2.24) is 5.32 Å². The van der Waals surface area contributed by atoms with Crippen LogP contribution in [0.1, 0.15) is 33.5 Å². The van der Waals surface area contributed by atoms with Crippen molar-refractivity contribution in [2.45, 2.75) is 31.2 Å². The molecular weight excluding hydrogens is 504 g/mol. The number of benzene rings is 2. The second kappa shape index (κ2) is 8.34. The van der Waals surface area contributed by atoms with Crippen LogP contribution in [0.4, 0.5) is 13.2 Å². The molecule has 1 N–H and O–H groups in total. The molecular formula is C21H13Cl2F3N2O4S. The summed E-state index contributed by atoms with van der Waals surface area (Å²) in [5.74, 6) is -0.645. The molecule has 2 aliphatic rings. The van der Waals surface area contributed by atoms with E-state index in [1.807, 2.05) is 0 Å². The van der Waals surface area contributed by atoms with Gasteiger partial charge in [0.05, 0.1) is 5.71 Å². The van der Waals surface area contributed by atoms with Gasteiger partial charge in [0.2, 0.25) is 10.2 Å². The van der Waals surface area contributed by atoms with Crippen molar-refractivity contribution in [3.05, 3.63) is 68.7 Å². The lowest BCUT2D eigenvalue weighted by Gasteiger charge is -2.29. The van der Waals surface area contributed by atoms with Gasteiger partial charge in [-0.2, -0.15) is 13.2 Å². The molecule has 0 radical (unpaired) electrons. The highest BCUT2D eigenvalue weighted by Crippen LogP contribution is 2.49. The Bertz CT molecular complexity index is 1200. The highest BCUT2D eigenvalue weighted by atomic mass is 35.5. The lowest BCUT2D eigenvalue weighted by molar-refractivity contribution is -0.275. The van der Waals surface area contributed by atoms with Gasteiger partial charge in [-0.25, -0.2) is 0 Å². The molecule has 2 heterocycles. The third-order valence-corrected chi connectivity index (χ3v) is 6.58. The van der Waals surface area contributed by atoms with Crippen LogP contribution in [0.15, 0.2) is 41.6 Å². The average molecular weight is 517 g/mol. The van der Waals surface area contributed by atoms with E-state index in [0.29, 0.717) is 22.9 Å². The summed E-state index contributed by atoms with van der Waals surface area (Å²) < 4.78 is 42.4. The van der Waals surface area contributed by atoms with Gasteiger partial charge in [-0.3, -0.25) is 14.4 Å². The van der Waals surface area contributed by atoms with E-state index in [2.05, 4.69) is 10.5 Å². The van der Waals surface area contributed by atoms with Gasteiger partial charge < -0.3 is 10.2 Å². The predicted molar refractivity (Wildman–Crippen MR) is 116 cm³/mol. The Morgan fingerprint density at radius 3 is 2.33 bits per heavy atom. The molecule has 1 atom stereocenters. The van der Waals surface area contributed by atoms with E-state index >= 15 is 0 Å². The Hall–Kier alpha value is -2.56. The number of carbonyl (C=O) groups excluding carboxylic acids is 3. The van der Waals surface area contributed by atoms with Crippen LogP contribution in [-0.2, 0) is 20.0 Å². The highest BCUT2D eigenvalue weighted by Gasteiger charge is 2.62. The molecule has 0 aliphatic carbocycles. The first-order valence-corrected chi connectivity index (χ1v) is 10.9. The highest BCUT2D eigenvalue weighted by molar-refractivity contribution is 8.29. The number of hydrogen-bond donors (Lipinski definition) is 1. The van der Waals surface area contributed by atoms with Gasteiger partial charge in [0.1, 0.15) is 0 Å². The lowest BCUT2D eigenvalue weighted by Crippen LogP contribution is -2.51. The number of oxime groups is 1. The number of carbonyl (C=O) groups is 3. The zero-order valence-electron chi connectivity index (χ0n) is 16.6. The van der Waals surface area contributed by atoms with Crippen LogP contribution >= 0.6 is 35.0 Å². The standard InChI is InChI=1S/C21H13Cl2F3N2O4S/c1-9-4-10(2-3-14(9)17(29)27-16-18(30)33-19(16)31)15-8-20(32-28-15,21(24,25)26)11-5-12(22)7-13(23)6-11/h2-7,16H,8H2,1H3,(H,27,29). The molecule has 0 spiro atoms. The van der Waals surface area contributed by atoms with E-state index in [4.69, 9.17) is 28.0 Å². The van der Waals surface area contributed by atoms with Gasteiger partial charge in [0.15, 0.2) is 6.04 Å². The van der Waals surface area contributed by atoms with Crippen molar-refractivity contribution in [3.8, 4) is 0 Å². The zero-order valence-corrected chi connectivity index (χ0v) is 19.0.